The standard InChI is InChI=1S/C15H19N/c1-3-14-4-6-15(7-5-14)12-16-10-8-13(2)9-11-16/h1,4-7,13H,8-12H2,2H3. The van der Waals surface area contributed by atoms with Crippen molar-refractivity contribution >= 4 is 0 Å². The normalized spacial score (nSPS) is 18.2. The van der Waals surface area contributed by atoms with E-state index in [1.165, 1.54) is 31.5 Å². The summed E-state index contributed by atoms with van der Waals surface area (Å²) in [5, 5.41) is 0. The largest absolute Gasteiger partial charge is 0.299 e. The van der Waals surface area contributed by atoms with E-state index in [0.717, 1.165) is 18.0 Å². The van der Waals surface area contributed by atoms with Gasteiger partial charge in [0.1, 0.15) is 0 Å². The maximum Gasteiger partial charge on any atom is 0.0242 e. The van der Waals surface area contributed by atoms with Gasteiger partial charge in [0.2, 0.25) is 0 Å². The molecule has 1 heteroatoms. The zero-order valence-electron chi connectivity index (χ0n) is 9.95. The van der Waals surface area contributed by atoms with Crippen molar-refractivity contribution < 1.29 is 0 Å². The molecule has 0 amide bonds. The van der Waals surface area contributed by atoms with Crippen LogP contribution in [0.25, 0.3) is 0 Å². The minimum atomic E-state index is 0.903. The monoisotopic (exact) mass is 213 g/mol. The lowest BCUT2D eigenvalue weighted by Gasteiger charge is -2.30. The molecule has 0 aliphatic carbocycles. The van der Waals surface area contributed by atoms with Crippen LogP contribution in [-0.2, 0) is 6.54 Å². The molecule has 1 heterocycles. The minimum Gasteiger partial charge on any atom is -0.299 e. The smallest absolute Gasteiger partial charge is 0.0242 e. The Bertz CT molecular complexity index is 363. The highest BCUT2D eigenvalue weighted by molar-refractivity contribution is 5.34. The summed E-state index contributed by atoms with van der Waals surface area (Å²) < 4.78 is 0. The van der Waals surface area contributed by atoms with Gasteiger partial charge in [0.05, 0.1) is 0 Å². The molecule has 0 N–H and O–H groups in total. The fraction of sp³-hybridized carbons (Fsp3) is 0.467. The molecule has 0 atom stereocenters. The number of hydrogen-bond acceptors (Lipinski definition) is 1. The van der Waals surface area contributed by atoms with E-state index in [9.17, 15) is 0 Å². The SMILES string of the molecule is C#Cc1ccc(CN2CCC(C)CC2)cc1. The number of piperidine rings is 1. The number of benzene rings is 1. The molecule has 1 aromatic rings. The topological polar surface area (TPSA) is 3.24 Å². The highest BCUT2D eigenvalue weighted by atomic mass is 15.1. The quantitative estimate of drug-likeness (QED) is 0.683. The Kier molecular flexibility index (Phi) is 3.64. The van der Waals surface area contributed by atoms with Crippen LogP contribution in [0.5, 0.6) is 0 Å². The third kappa shape index (κ3) is 2.87. The van der Waals surface area contributed by atoms with E-state index in [1.54, 1.807) is 0 Å². The van der Waals surface area contributed by atoms with Crippen LogP contribution in [0.15, 0.2) is 24.3 Å². The Balaban J connectivity index is 1.91. The summed E-state index contributed by atoms with van der Waals surface area (Å²) in [7, 11) is 0. The van der Waals surface area contributed by atoms with Crippen LogP contribution in [0, 0.1) is 18.3 Å². The van der Waals surface area contributed by atoms with Gasteiger partial charge in [-0.3, -0.25) is 4.90 Å². The van der Waals surface area contributed by atoms with E-state index >= 15 is 0 Å². The summed E-state index contributed by atoms with van der Waals surface area (Å²) >= 11 is 0. The van der Waals surface area contributed by atoms with Crippen LogP contribution in [0.3, 0.4) is 0 Å². The van der Waals surface area contributed by atoms with E-state index in [0.29, 0.717) is 0 Å². The van der Waals surface area contributed by atoms with Crippen molar-refractivity contribution in [3.8, 4) is 12.3 Å². The highest BCUT2D eigenvalue weighted by Gasteiger charge is 2.15. The number of rotatable bonds is 2. The van der Waals surface area contributed by atoms with Crippen molar-refractivity contribution in [2.75, 3.05) is 13.1 Å². The summed E-state index contributed by atoms with van der Waals surface area (Å²) in [6.45, 7) is 5.88. The predicted octanol–water partition coefficient (Wildman–Crippen LogP) is 2.90. The molecule has 0 spiro atoms. The average molecular weight is 213 g/mol. The van der Waals surface area contributed by atoms with Gasteiger partial charge in [-0.15, -0.1) is 6.42 Å². The lowest BCUT2D eigenvalue weighted by atomic mass is 9.99. The number of terminal acetylenes is 1. The highest BCUT2D eigenvalue weighted by Crippen LogP contribution is 2.18. The first-order valence-corrected chi connectivity index (χ1v) is 6.06. The number of likely N-dealkylation sites (tertiary alicyclic amines) is 1. The van der Waals surface area contributed by atoms with Crippen molar-refractivity contribution in [1.29, 1.82) is 0 Å². The first-order chi connectivity index (χ1) is 7.78. The zero-order chi connectivity index (χ0) is 11.4. The maximum absolute atomic E-state index is 5.34. The molecule has 0 saturated carbocycles. The molecule has 1 nitrogen and oxygen atoms in total. The number of nitrogens with zero attached hydrogens (tertiary/aromatic N) is 1. The Hall–Kier alpha value is -1.26. The Morgan fingerprint density at radius 1 is 1.25 bits per heavy atom. The number of hydrogen-bond donors (Lipinski definition) is 0. The molecule has 1 aromatic carbocycles. The van der Waals surface area contributed by atoms with Gasteiger partial charge in [0, 0.05) is 12.1 Å². The fourth-order valence-corrected chi connectivity index (χ4v) is 2.18. The van der Waals surface area contributed by atoms with Crippen LogP contribution in [0.2, 0.25) is 0 Å². The summed E-state index contributed by atoms with van der Waals surface area (Å²) in [5.74, 6) is 3.55. The molecule has 1 fully saturated rings. The van der Waals surface area contributed by atoms with Gasteiger partial charge in [-0.05, 0) is 49.5 Å². The Labute approximate surface area is 98.5 Å². The van der Waals surface area contributed by atoms with Crippen molar-refractivity contribution in [2.45, 2.75) is 26.3 Å². The first-order valence-electron chi connectivity index (χ1n) is 6.06. The molecule has 2 rings (SSSR count). The van der Waals surface area contributed by atoms with Crippen LogP contribution in [0.1, 0.15) is 30.9 Å². The lowest BCUT2D eigenvalue weighted by molar-refractivity contribution is 0.185. The Morgan fingerprint density at radius 3 is 2.44 bits per heavy atom. The van der Waals surface area contributed by atoms with Gasteiger partial charge in [-0.2, -0.15) is 0 Å². The van der Waals surface area contributed by atoms with Gasteiger partial charge >= 0.3 is 0 Å². The van der Waals surface area contributed by atoms with Crippen molar-refractivity contribution in [3.63, 3.8) is 0 Å². The molecule has 1 aliphatic rings. The summed E-state index contributed by atoms with van der Waals surface area (Å²) in [5.41, 5.74) is 2.34. The second-order valence-electron chi connectivity index (χ2n) is 4.80. The molecule has 1 saturated heterocycles. The average Bonchev–Trinajstić information content (AvgIpc) is 2.33. The first kappa shape index (κ1) is 11.2. The summed E-state index contributed by atoms with van der Waals surface area (Å²) in [6.07, 6.45) is 8.01. The van der Waals surface area contributed by atoms with E-state index in [-0.39, 0.29) is 0 Å². The third-order valence-electron chi connectivity index (χ3n) is 3.40. The van der Waals surface area contributed by atoms with E-state index in [2.05, 4.69) is 29.9 Å². The van der Waals surface area contributed by atoms with E-state index in [1.807, 2.05) is 12.1 Å². The lowest BCUT2D eigenvalue weighted by Crippen LogP contribution is -2.32. The second kappa shape index (κ2) is 5.18. The van der Waals surface area contributed by atoms with Gasteiger partial charge in [0.25, 0.3) is 0 Å². The van der Waals surface area contributed by atoms with E-state index in [4.69, 9.17) is 6.42 Å². The maximum atomic E-state index is 5.34. The van der Waals surface area contributed by atoms with Crippen LogP contribution >= 0.6 is 0 Å². The van der Waals surface area contributed by atoms with Gasteiger partial charge in [-0.1, -0.05) is 25.0 Å². The van der Waals surface area contributed by atoms with Crippen LogP contribution in [-0.4, -0.2) is 18.0 Å². The van der Waals surface area contributed by atoms with Gasteiger partial charge in [0.15, 0.2) is 0 Å². The van der Waals surface area contributed by atoms with Crippen LogP contribution < -0.4 is 0 Å². The van der Waals surface area contributed by atoms with Gasteiger partial charge < -0.3 is 0 Å². The van der Waals surface area contributed by atoms with Gasteiger partial charge in [-0.25, -0.2) is 0 Å². The molecule has 0 unspecified atom stereocenters. The summed E-state index contributed by atoms with van der Waals surface area (Å²) in [4.78, 5) is 2.53. The third-order valence-corrected chi connectivity index (χ3v) is 3.40. The second-order valence-corrected chi connectivity index (χ2v) is 4.80. The zero-order valence-corrected chi connectivity index (χ0v) is 9.95. The minimum absolute atomic E-state index is 0.903. The predicted molar refractivity (Wildman–Crippen MR) is 68.1 cm³/mol. The molecular weight excluding hydrogens is 194 g/mol. The molecule has 16 heavy (non-hydrogen) atoms. The Morgan fingerprint density at radius 2 is 1.88 bits per heavy atom. The molecular formula is C15H19N. The van der Waals surface area contributed by atoms with Crippen LogP contribution in [0.4, 0.5) is 0 Å². The fourth-order valence-electron chi connectivity index (χ4n) is 2.18. The molecule has 84 valence electrons. The summed E-state index contributed by atoms with van der Waals surface area (Å²) in [6, 6.07) is 8.35. The van der Waals surface area contributed by atoms with Crippen molar-refractivity contribution in [1.82, 2.24) is 4.90 Å². The molecule has 0 aromatic heterocycles. The molecule has 1 aliphatic heterocycles. The molecule has 0 radical (unpaired) electrons. The molecule has 0 bridgehead atoms. The van der Waals surface area contributed by atoms with E-state index < -0.39 is 0 Å². The van der Waals surface area contributed by atoms with Crippen molar-refractivity contribution in [2.24, 2.45) is 5.92 Å². The van der Waals surface area contributed by atoms with Crippen molar-refractivity contribution in [3.05, 3.63) is 35.4 Å².